The number of nitrogens with zero attached hydrogens (tertiary/aromatic N) is 3. The van der Waals surface area contributed by atoms with E-state index in [1.54, 1.807) is 0 Å². The van der Waals surface area contributed by atoms with E-state index in [1.807, 2.05) is 0 Å². The van der Waals surface area contributed by atoms with Crippen molar-refractivity contribution < 1.29 is 8.83 Å². The average molecular weight is 592 g/mol. The Balaban J connectivity index is 1.44. The fourth-order valence-electron chi connectivity index (χ4n) is 6.70. The van der Waals surface area contributed by atoms with Gasteiger partial charge in [0, 0.05) is 21.6 Å². The van der Waals surface area contributed by atoms with Crippen LogP contribution in [0.1, 0.15) is 77.3 Å². The zero-order valence-electron chi connectivity index (χ0n) is 26.9. The molecule has 0 unspecified atom stereocenters. The molecular formula is C40H37N3O2. The van der Waals surface area contributed by atoms with Gasteiger partial charge in [-0.05, 0) is 64.7 Å². The topological polar surface area (TPSA) is 57.0 Å². The first-order valence-electron chi connectivity index (χ1n) is 15.9. The smallest absolute Gasteiger partial charge is 0.200 e. The predicted octanol–water partition coefficient (Wildman–Crippen LogP) is 11.4. The van der Waals surface area contributed by atoms with Gasteiger partial charge in [-0.15, -0.1) is 0 Å². The molecule has 0 amide bonds. The molecule has 0 N–H and O–H groups in total. The molecule has 0 aliphatic carbocycles. The van der Waals surface area contributed by atoms with Crippen LogP contribution in [-0.4, -0.2) is 14.5 Å². The molecule has 3 aromatic heterocycles. The molecule has 5 heteroatoms. The van der Waals surface area contributed by atoms with Gasteiger partial charge >= 0.3 is 0 Å². The third-order valence-electron chi connectivity index (χ3n) is 9.00. The summed E-state index contributed by atoms with van der Waals surface area (Å²) in [6.45, 7) is 15.4. The SMILES string of the molecule is CC(C)c1cccc(C(C)C)c1-n1c(-c2cccc3c2oc2c4cc5nc(C(C)(C)C)oc5cc4ccc32)nc2ccccc21. The highest BCUT2D eigenvalue weighted by atomic mass is 16.4. The summed E-state index contributed by atoms with van der Waals surface area (Å²) in [6.07, 6.45) is 0. The van der Waals surface area contributed by atoms with Crippen LogP contribution in [0.5, 0.6) is 0 Å². The summed E-state index contributed by atoms with van der Waals surface area (Å²) >= 11 is 0. The van der Waals surface area contributed by atoms with E-state index in [-0.39, 0.29) is 5.41 Å². The molecule has 5 aromatic carbocycles. The van der Waals surface area contributed by atoms with Crippen LogP contribution in [0.25, 0.3) is 71.9 Å². The Morgan fingerprint density at radius 1 is 0.644 bits per heavy atom. The van der Waals surface area contributed by atoms with Gasteiger partial charge in [-0.25, -0.2) is 9.97 Å². The van der Waals surface area contributed by atoms with E-state index in [1.165, 1.54) is 16.8 Å². The summed E-state index contributed by atoms with van der Waals surface area (Å²) in [4.78, 5) is 10.1. The lowest BCUT2D eigenvalue weighted by Crippen LogP contribution is -2.10. The monoisotopic (exact) mass is 591 g/mol. The number of fused-ring (bicyclic) bond motifs is 7. The molecular weight excluding hydrogens is 554 g/mol. The van der Waals surface area contributed by atoms with E-state index in [0.717, 1.165) is 72.1 Å². The highest BCUT2D eigenvalue weighted by Gasteiger charge is 2.25. The maximum absolute atomic E-state index is 6.90. The van der Waals surface area contributed by atoms with Crippen molar-refractivity contribution in [2.24, 2.45) is 0 Å². The minimum absolute atomic E-state index is 0.177. The van der Waals surface area contributed by atoms with Gasteiger partial charge in [0.05, 0.1) is 22.3 Å². The van der Waals surface area contributed by atoms with Gasteiger partial charge < -0.3 is 8.83 Å². The van der Waals surface area contributed by atoms with E-state index in [2.05, 4.69) is 138 Å². The number of furan rings is 1. The van der Waals surface area contributed by atoms with E-state index in [9.17, 15) is 0 Å². The molecule has 5 nitrogen and oxygen atoms in total. The van der Waals surface area contributed by atoms with Crippen LogP contribution in [0.2, 0.25) is 0 Å². The fraction of sp³-hybridized carbons (Fsp3) is 0.250. The van der Waals surface area contributed by atoms with Gasteiger partial charge in [0.25, 0.3) is 0 Å². The second kappa shape index (κ2) is 9.80. The van der Waals surface area contributed by atoms with E-state index >= 15 is 0 Å². The average Bonchev–Trinajstić information content (AvgIpc) is 3.72. The highest BCUT2D eigenvalue weighted by Crippen LogP contribution is 2.43. The van der Waals surface area contributed by atoms with Gasteiger partial charge in [-0.2, -0.15) is 0 Å². The Kier molecular flexibility index (Phi) is 6.02. The largest absolute Gasteiger partial charge is 0.455 e. The molecule has 45 heavy (non-hydrogen) atoms. The zero-order chi connectivity index (χ0) is 31.2. The standard InChI is InChI=1S/C40H37N3O2/c1-22(2)25-12-10-13-26(23(3)4)35(25)43-33-17-9-8-16-31(33)41-38(43)29-15-11-14-27-28-19-18-24-20-34-32(42-39(44-34)40(5,6)7)21-30(24)37(28)45-36(27)29/h8-23H,1-7H3. The van der Waals surface area contributed by atoms with Crippen molar-refractivity contribution in [3.63, 3.8) is 0 Å². The molecule has 0 radical (unpaired) electrons. The molecule has 0 aliphatic rings. The molecule has 3 heterocycles. The van der Waals surface area contributed by atoms with Crippen LogP contribution in [-0.2, 0) is 5.41 Å². The van der Waals surface area contributed by atoms with Crippen LogP contribution in [0.15, 0.2) is 93.8 Å². The lowest BCUT2D eigenvalue weighted by molar-refractivity contribution is 0.411. The first-order chi connectivity index (χ1) is 21.6. The number of imidazole rings is 1. The Bertz CT molecular complexity index is 2400. The number of hydrogen-bond acceptors (Lipinski definition) is 4. The van der Waals surface area contributed by atoms with Gasteiger partial charge in [0.1, 0.15) is 22.5 Å². The summed E-state index contributed by atoms with van der Waals surface area (Å²) in [5.74, 6) is 2.30. The second-order valence-electron chi connectivity index (χ2n) is 13.9. The number of para-hydroxylation sites is 4. The third-order valence-corrected chi connectivity index (χ3v) is 9.00. The summed E-state index contributed by atoms with van der Waals surface area (Å²) in [5.41, 5.74) is 9.99. The molecule has 0 saturated heterocycles. The Morgan fingerprint density at radius 3 is 2.09 bits per heavy atom. The van der Waals surface area contributed by atoms with Gasteiger partial charge in [0.15, 0.2) is 5.58 Å². The van der Waals surface area contributed by atoms with Crippen molar-refractivity contribution in [2.45, 2.75) is 65.7 Å². The quantitative estimate of drug-likeness (QED) is 0.204. The lowest BCUT2D eigenvalue weighted by Gasteiger charge is -2.22. The number of aromatic nitrogens is 3. The lowest BCUT2D eigenvalue weighted by atomic mass is 9.92. The Hall–Kier alpha value is -4.90. The van der Waals surface area contributed by atoms with Crippen molar-refractivity contribution in [3.05, 3.63) is 102 Å². The van der Waals surface area contributed by atoms with Crippen molar-refractivity contribution in [1.29, 1.82) is 0 Å². The normalized spacial score (nSPS) is 12.7. The summed E-state index contributed by atoms with van der Waals surface area (Å²) in [6, 6.07) is 30.1. The molecule has 8 rings (SSSR count). The van der Waals surface area contributed by atoms with Crippen LogP contribution in [0.4, 0.5) is 0 Å². The number of hydrogen-bond donors (Lipinski definition) is 0. The Labute approximate surface area is 262 Å². The molecule has 0 fully saturated rings. The first kappa shape index (κ1) is 27.6. The third kappa shape index (κ3) is 4.21. The van der Waals surface area contributed by atoms with Crippen molar-refractivity contribution in [1.82, 2.24) is 14.5 Å². The van der Waals surface area contributed by atoms with E-state index < -0.39 is 0 Å². The summed E-state index contributed by atoms with van der Waals surface area (Å²) < 4.78 is 15.4. The van der Waals surface area contributed by atoms with E-state index in [0.29, 0.717) is 11.8 Å². The maximum atomic E-state index is 6.90. The van der Waals surface area contributed by atoms with Crippen molar-refractivity contribution in [3.8, 4) is 17.1 Å². The molecule has 0 spiro atoms. The minimum Gasteiger partial charge on any atom is -0.455 e. The van der Waals surface area contributed by atoms with Crippen molar-refractivity contribution >= 4 is 54.8 Å². The first-order valence-corrected chi connectivity index (χ1v) is 15.9. The minimum atomic E-state index is -0.177. The van der Waals surface area contributed by atoms with Gasteiger partial charge in [0.2, 0.25) is 5.89 Å². The second-order valence-corrected chi connectivity index (χ2v) is 13.9. The fourth-order valence-corrected chi connectivity index (χ4v) is 6.70. The van der Waals surface area contributed by atoms with Crippen LogP contribution in [0, 0.1) is 0 Å². The molecule has 0 bridgehead atoms. The molecule has 224 valence electrons. The van der Waals surface area contributed by atoms with E-state index in [4.69, 9.17) is 18.8 Å². The predicted molar refractivity (Wildman–Crippen MR) is 186 cm³/mol. The molecule has 0 aliphatic heterocycles. The Morgan fingerprint density at radius 2 is 1.36 bits per heavy atom. The highest BCUT2D eigenvalue weighted by molar-refractivity contribution is 6.18. The number of rotatable bonds is 4. The number of benzene rings is 5. The summed E-state index contributed by atoms with van der Waals surface area (Å²) in [5, 5.41) is 4.23. The van der Waals surface area contributed by atoms with Crippen LogP contribution in [0.3, 0.4) is 0 Å². The maximum Gasteiger partial charge on any atom is 0.200 e. The molecule has 0 atom stereocenters. The summed E-state index contributed by atoms with van der Waals surface area (Å²) in [7, 11) is 0. The zero-order valence-corrected chi connectivity index (χ0v) is 26.9. The number of oxazole rings is 1. The van der Waals surface area contributed by atoms with Crippen molar-refractivity contribution in [2.75, 3.05) is 0 Å². The van der Waals surface area contributed by atoms with Crippen LogP contribution < -0.4 is 0 Å². The van der Waals surface area contributed by atoms with Gasteiger partial charge in [-0.1, -0.05) is 97.0 Å². The van der Waals surface area contributed by atoms with Gasteiger partial charge in [-0.3, -0.25) is 4.57 Å². The van der Waals surface area contributed by atoms with Crippen LogP contribution >= 0.6 is 0 Å². The molecule has 8 aromatic rings. The molecule has 0 saturated carbocycles.